The van der Waals surface area contributed by atoms with Gasteiger partial charge >= 0.3 is 0 Å². The number of aliphatic hydroxyl groups excluding tert-OH is 1. The Morgan fingerprint density at radius 3 is 2.78 bits per heavy atom. The molecule has 1 saturated heterocycles. The Labute approximate surface area is 113 Å². The Balaban J connectivity index is 1.80. The summed E-state index contributed by atoms with van der Waals surface area (Å²) in [7, 11) is 2.09. The predicted molar refractivity (Wildman–Crippen MR) is 72.9 cm³/mol. The average Bonchev–Trinajstić information content (AvgIpc) is 2.90. The van der Waals surface area contributed by atoms with Gasteiger partial charge in [-0.15, -0.1) is 0 Å². The summed E-state index contributed by atoms with van der Waals surface area (Å²) in [6.07, 6.45) is 1.40. The maximum atomic E-state index is 10.1. The van der Waals surface area contributed by atoms with Gasteiger partial charge in [0.05, 0.1) is 12.7 Å². The lowest BCUT2D eigenvalue weighted by molar-refractivity contribution is 0.124. The highest BCUT2D eigenvalue weighted by Gasteiger charge is 2.20. The van der Waals surface area contributed by atoms with Gasteiger partial charge in [0.1, 0.15) is 0 Å². The molecule has 0 bridgehead atoms. The van der Waals surface area contributed by atoms with Gasteiger partial charge in [0.15, 0.2) is 0 Å². The van der Waals surface area contributed by atoms with Crippen LogP contribution in [-0.2, 0) is 4.74 Å². The lowest BCUT2D eigenvalue weighted by Crippen LogP contribution is -2.33. The smallest absolute Gasteiger partial charge is 0.0802 e. The van der Waals surface area contributed by atoms with Crippen molar-refractivity contribution in [1.29, 1.82) is 0 Å². The zero-order valence-electron chi connectivity index (χ0n) is 10.7. The molecule has 3 nitrogen and oxygen atoms in total. The number of hydrogen-bond acceptors (Lipinski definition) is 3. The van der Waals surface area contributed by atoms with Gasteiger partial charge in [0.2, 0.25) is 0 Å². The van der Waals surface area contributed by atoms with Crippen LogP contribution >= 0.6 is 11.6 Å². The van der Waals surface area contributed by atoms with E-state index in [0.717, 1.165) is 38.2 Å². The number of likely N-dealkylation sites (N-methyl/N-ethyl adjacent to an activating group) is 1. The maximum Gasteiger partial charge on any atom is 0.0802 e. The van der Waals surface area contributed by atoms with Gasteiger partial charge in [0.25, 0.3) is 0 Å². The maximum absolute atomic E-state index is 10.1. The first-order chi connectivity index (χ1) is 8.66. The second-order valence-corrected chi connectivity index (χ2v) is 5.29. The number of nitrogens with zero attached hydrogens (tertiary/aromatic N) is 1. The fourth-order valence-corrected chi connectivity index (χ4v) is 2.36. The van der Waals surface area contributed by atoms with Gasteiger partial charge in [0, 0.05) is 24.2 Å². The molecule has 0 amide bonds. The summed E-state index contributed by atoms with van der Waals surface area (Å²) in [5.74, 6) is 0. The fraction of sp³-hybridized carbons (Fsp3) is 0.571. The van der Waals surface area contributed by atoms with Crippen molar-refractivity contribution in [3.8, 4) is 0 Å². The number of aliphatic hydroxyl groups is 1. The molecule has 4 heteroatoms. The van der Waals surface area contributed by atoms with Crippen molar-refractivity contribution < 1.29 is 9.84 Å². The van der Waals surface area contributed by atoms with Crippen LogP contribution in [0, 0.1) is 0 Å². The minimum absolute atomic E-state index is 0.424. The van der Waals surface area contributed by atoms with Crippen LogP contribution in [0.5, 0.6) is 0 Å². The molecule has 1 aliphatic heterocycles. The van der Waals surface area contributed by atoms with E-state index in [1.807, 2.05) is 24.3 Å². The molecule has 1 N–H and O–H groups in total. The molecule has 1 aromatic carbocycles. The van der Waals surface area contributed by atoms with E-state index in [2.05, 4.69) is 11.9 Å². The summed E-state index contributed by atoms with van der Waals surface area (Å²) < 4.78 is 5.36. The van der Waals surface area contributed by atoms with E-state index in [1.54, 1.807) is 0 Å². The standard InChI is InChI=1S/C14H20ClNO2/c1-16(13-7-9-18-10-13)8-6-14(17)11-2-4-12(15)5-3-11/h2-5,13-14,17H,6-10H2,1H3. The van der Waals surface area contributed by atoms with Gasteiger partial charge in [-0.05, 0) is 37.6 Å². The molecule has 1 fully saturated rings. The van der Waals surface area contributed by atoms with Crippen molar-refractivity contribution in [2.75, 3.05) is 26.8 Å². The quantitative estimate of drug-likeness (QED) is 0.891. The SMILES string of the molecule is CN(CCC(O)c1ccc(Cl)cc1)C1CCOC1. The number of rotatable bonds is 5. The van der Waals surface area contributed by atoms with Crippen molar-refractivity contribution in [3.05, 3.63) is 34.9 Å². The van der Waals surface area contributed by atoms with E-state index in [1.165, 1.54) is 0 Å². The average molecular weight is 270 g/mol. The van der Waals surface area contributed by atoms with Crippen LogP contribution in [-0.4, -0.2) is 42.9 Å². The van der Waals surface area contributed by atoms with E-state index in [-0.39, 0.29) is 0 Å². The largest absolute Gasteiger partial charge is 0.388 e. The second kappa shape index (κ2) is 6.53. The molecule has 0 saturated carbocycles. The minimum atomic E-state index is -0.424. The van der Waals surface area contributed by atoms with E-state index >= 15 is 0 Å². The van der Waals surface area contributed by atoms with Crippen molar-refractivity contribution in [2.24, 2.45) is 0 Å². The van der Waals surface area contributed by atoms with Crippen LogP contribution in [0.2, 0.25) is 5.02 Å². The van der Waals surface area contributed by atoms with E-state index in [0.29, 0.717) is 11.1 Å². The van der Waals surface area contributed by atoms with Gasteiger partial charge in [-0.1, -0.05) is 23.7 Å². The molecular formula is C14H20ClNO2. The van der Waals surface area contributed by atoms with Crippen LogP contribution in [0.15, 0.2) is 24.3 Å². The molecule has 1 heterocycles. The molecule has 2 rings (SSSR count). The highest BCUT2D eigenvalue weighted by atomic mass is 35.5. The minimum Gasteiger partial charge on any atom is -0.388 e. The Morgan fingerprint density at radius 1 is 1.44 bits per heavy atom. The Bertz CT molecular complexity index is 363. The van der Waals surface area contributed by atoms with Crippen LogP contribution in [0.1, 0.15) is 24.5 Å². The third-order valence-electron chi connectivity index (χ3n) is 3.54. The monoisotopic (exact) mass is 269 g/mol. The topological polar surface area (TPSA) is 32.7 Å². The molecule has 0 radical (unpaired) electrons. The molecular weight excluding hydrogens is 250 g/mol. The first-order valence-corrected chi connectivity index (χ1v) is 6.76. The number of benzene rings is 1. The number of hydrogen-bond donors (Lipinski definition) is 1. The van der Waals surface area contributed by atoms with Gasteiger partial charge in [-0.25, -0.2) is 0 Å². The third-order valence-corrected chi connectivity index (χ3v) is 3.79. The Hall–Kier alpha value is -0.610. The molecule has 0 aliphatic carbocycles. The molecule has 1 aromatic rings. The van der Waals surface area contributed by atoms with E-state index < -0.39 is 6.10 Å². The summed E-state index contributed by atoms with van der Waals surface area (Å²) in [4.78, 5) is 2.27. The van der Waals surface area contributed by atoms with Crippen LogP contribution in [0.25, 0.3) is 0 Å². The van der Waals surface area contributed by atoms with E-state index in [9.17, 15) is 5.11 Å². The molecule has 1 aliphatic rings. The van der Waals surface area contributed by atoms with Crippen molar-refractivity contribution in [1.82, 2.24) is 4.90 Å². The summed E-state index contributed by atoms with van der Waals surface area (Å²) in [5, 5.41) is 10.8. The lowest BCUT2D eigenvalue weighted by Gasteiger charge is -2.24. The molecule has 0 aromatic heterocycles. The van der Waals surface area contributed by atoms with E-state index in [4.69, 9.17) is 16.3 Å². The molecule has 0 spiro atoms. The number of halogens is 1. The van der Waals surface area contributed by atoms with Crippen LogP contribution < -0.4 is 0 Å². The fourth-order valence-electron chi connectivity index (χ4n) is 2.23. The Kier molecular flexibility index (Phi) is 5.01. The molecule has 18 heavy (non-hydrogen) atoms. The van der Waals surface area contributed by atoms with Gasteiger partial charge < -0.3 is 14.7 Å². The lowest BCUT2D eigenvalue weighted by atomic mass is 10.1. The normalized spacial score (nSPS) is 21.4. The summed E-state index contributed by atoms with van der Waals surface area (Å²) in [5.41, 5.74) is 0.926. The highest BCUT2D eigenvalue weighted by Crippen LogP contribution is 2.20. The zero-order valence-corrected chi connectivity index (χ0v) is 11.4. The number of ether oxygens (including phenoxy) is 1. The molecule has 2 atom stereocenters. The van der Waals surface area contributed by atoms with Crippen molar-refractivity contribution >= 4 is 11.6 Å². The third kappa shape index (κ3) is 3.69. The van der Waals surface area contributed by atoms with Crippen LogP contribution in [0.4, 0.5) is 0 Å². The van der Waals surface area contributed by atoms with Crippen molar-refractivity contribution in [2.45, 2.75) is 25.0 Å². The zero-order chi connectivity index (χ0) is 13.0. The van der Waals surface area contributed by atoms with Crippen molar-refractivity contribution in [3.63, 3.8) is 0 Å². The first kappa shape index (κ1) is 13.8. The molecule has 100 valence electrons. The summed E-state index contributed by atoms with van der Waals surface area (Å²) in [6.45, 7) is 2.54. The van der Waals surface area contributed by atoms with Gasteiger partial charge in [-0.2, -0.15) is 0 Å². The molecule has 2 unspecified atom stereocenters. The summed E-state index contributed by atoms with van der Waals surface area (Å²) in [6, 6.07) is 7.89. The highest BCUT2D eigenvalue weighted by molar-refractivity contribution is 6.30. The Morgan fingerprint density at radius 2 is 2.17 bits per heavy atom. The second-order valence-electron chi connectivity index (χ2n) is 4.85. The first-order valence-electron chi connectivity index (χ1n) is 6.38. The van der Waals surface area contributed by atoms with Crippen LogP contribution in [0.3, 0.4) is 0 Å². The van der Waals surface area contributed by atoms with Gasteiger partial charge in [-0.3, -0.25) is 0 Å². The summed E-state index contributed by atoms with van der Waals surface area (Å²) >= 11 is 5.83. The predicted octanol–water partition coefficient (Wildman–Crippen LogP) is 2.48.